The summed E-state index contributed by atoms with van der Waals surface area (Å²) in [4.78, 5) is 65.9. The number of amides is 3. The van der Waals surface area contributed by atoms with Gasteiger partial charge < -0.3 is 19.5 Å². The van der Waals surface area contributed by atoms with Gasteiger partial charge in [-0.3, -0.25) is 14.4 Å². The van der Waals surface area contributed by atoms with E-state index in [9.17, 15) is 24.0 Å². The second-order valence-corrected chi connectivity index (χ2v) is 13.7. The topological polar surface area (TPSA) is 128 Å². The van der Waals surface area contributed by atoms with E-state index < -0.39 is 46.7 Å². The van der Waals surface area contributed by atoms with Crippen LogP contribution < -0.4 is 10.1 Å². The highest BCUT2D eigenvalue weighted by molar-refractivity contribution is 6.19. The number of carbonyl (C=O) groups is 5. The normalized spacial score (nSPS) is 15.0. The number of benzene rings is 1. The molecule has 0 aliphatic carbocycles. The van der Waals surface area contributed by atoms with Crippen molar-refractivity contribution in [2.45, 2.75) is 143 Å². The Labute approximate surface area is 275 Å². The van der Waals surface area contributed by atoms with Crippen molar-refractivity contribution in [2.75, 3.05) is 19.0 Å². The van der Waals surface area contributed by atoms with Crippen LogP contribution >= 0.6 is 0 Å². The molecule has 10 nitrogen and oxygen atoms in total. The molecule has 1 aliphatic heterocycles. The zero-order valence-electron chi connectivity index (χ0n) is 29.1. The Hall–Kier alpha value is -3.43. The molecule has 1 N–H and O–H groups in total. The molecule has 1 atom stereocenters. The van der Waals surface area contributed by atoms with Gasteiger partial charge >= 0.3 is 12.1 Å². The van der Waals surface area contributed by atoms with Gasteiger partial charge in [0.1, 0.15) is 5.75 Å². The summed E-state index contributed by atoms with van der Waals surface area (Å²) in [7, 11) is 1.39. The highest BCUT2D eigenvalue weighted by atomic mass is 16.6. The first-order valence-corrected chi connectivity index (χ1v) is 17.0. The first-order valence-electron chi connectivity index (χ1n) is 17.0. The molecule has 1 fully saturated rings. The van der Waals surface area contributed by atoms with E-state index in [1.807, 2.05) is 0 Å². The third-order valence-corrected chi connectivity index (χ3v) is 8.19. The lowest BCUT2D eigenvalue weighted by Crippen LogP contribution is -2.55. The number of anilines is 1. The van der Waals surface area contributed by atoms with Crippen molar-refractivity contribution in [1.82, 2.24) is 4.90 Å². The Balaban J connectivity index is 1.89. The molecule has 258 valence electrons. The lowest BCUT2D eigenvalue weighted by molar-refractivity contribution is -0.145. The fourth-order valence-corrected chi connectivity index (χ4v) is 5.35. The second-order valence-electron chi connectivity index (χ2n) is 13.7. The van der Waals surface area contributed by atoms with Crippen LogP contribution in [0.4, 0.5) is 10.5 Å². The van der Waals surface area contributed by atoms with E-state index in [2.05, 4.69) is 12.2 Å². The molecule has 1 aromatic carbocycles. The Morgan fingerprint density at radius 2 is 1.39 bits per heavy atom. The SMILES string of the molecule is CCCCCCCCCCCCCCCCOC(=O)c1ccc(OC)c(NC(=O)C(C(=O)C(C)(C)C)N2C(=O)OC(C)(C)C2=O)c1. The quantitative estimate of drug-likeness (QED) is 0.0810. The maximum absolute atomic E-state index is 13.6. The maximum atomic E-state index is 13.6. The first kappa shape index (κ1) is 38.8. The van der Waals surface area contributed by atoms with E-state index in [0.29, 0.717) is 4.90 Å². The third kappa shape index (κ3) is 11.7. The van der Waals surface area contributed by atoms with Crippen molar-refractivity contribution in [3.8, 4) is 5.75 Å². The molecule has 2 rings (SSSR count). The predicted octanol–water partition coefficient (Wildman–Crippen LogP) is 8.01. The number of cyclic esters (lactones) is 1. The third-order valence-electron chi connectivity index (χ3n) is 8.19. The number of nitrogens with zero attached hydrogens (tertiary/aromatic N) is 1. The van der Waals surface area contributed by atoms with Crippen LogP contribution in [0.15, 0.2) is 18.2 Å². The smallest absolute Gasteiger partial charge is 0.418 e. The monoisotopic (exact) mass is 644 g/mol. The molecule has 0 spiro atoms. The number of ketones is 1. The molecule has 46 heavy (non-hydrogen) atoms. The number of unbranched alkanes of at least 4 members (excludes halogenated alkanes) is 13. The van der Waals surface area contributed by atoms with Gasteiger partial charge in [0.05, 0.1) is 25.0 Å². The molecule has 1 saturated heterocycles. The molecule has 3 amide bonds. The number of methoxy groups -OCH3 is 1. The molecule has 0 aromatic heterocycles. The number of Topliss-reactive ketones (excluding diaryl/α,β-unsaturated/α-hetero) is 1. The second kappa shape index (κ2) is 18.6. The molecule has 1 unspecified atom stereocenters. The van der Waals surface area contributed by atoms with Crippen molar-refractivity contribution >= 4 is 35.3 Å². The lowest BCUT2D eigenvalue weighted by Gasteiger charge is -2.28. The Kier molecular flexibility index (Phi) is 15.7. The van der Waals surface area contributed by atoms with Crippen LogP contribution in [-0.2, 0) is 23.9 Å². The van der Waals surface area contributed by atoms with E-state index in [-0.39, 0.29) is 23.6 Å². The van der Waals surface area contributed by atoms with Gasteiger partial charge in [-0.05, 0) is 38.5 Å². The van der Waals surface area contributed by atoms with E-state index in [0.717, 1.165) is 19.3 Å². The molecular formula is C36H56N2O8. The molecule has 0 saturated carbocycles. The average molecular weight is 645 g/mol. The minimum atomic E-state index is -1.79. The summed E-state index contributed by atoms with van der Waals surface area (Å²) in [6, 6.07) is 2.61. The van der Waals surface area contributed by atoms with Gasteiger partial charge in [0.25, 0.3) is 11.8 Å². The summed E-state index contributed by atoms with van der Waals surface area (Å²) in [5, 5.41) is 2.58. The first-order chi connectivity index (χ1) is 21.7. The molecule has 1 aromatic rings. The van der Waals surface area contributed by atoms with E-state index in [4.69, 9.17) is 14.2 Å². The summed E-state index contributed by atoms with van der Waals surface area (Å²) >= 11 is 0. The fraction of sp³-hybridized carbons (Fsp3) is 0.694. The maximum Gasteiger partial charge on any atom is 0.418 e. The van der Waals surface area contributed by atoms with Gasteiger partial charge in [-0.15, -0.1) is 0 Å². The summed E-state index contributed by atoms with van der Waals surface area (Å²) < 4.78 is 16.0. The molecular weight excluding hydrogens is 588 g/mol. The number of nitrogens with one attached hydrogen (secondary N) is 1. The molecule has 1 heterocycles. The summed E-state index contributed by atoms with van der Waals surface area (Å²) in [6.07, 6.45) is 16.2. The predicted molar refractivity (Wildman–Crippen MR) is 178 cm³/mol. The van der Waals surface area contributed by atoms with Crippen LogP contribution in [0.3, 0.4) is 0 Å². The zero-order chi connectivity index (χ0) is 34.3. The van der Waals surface area contributed by atoms with Gasteiger partial charge in [-0.1, -0.05) is 111 Å². The van der Waals surface area contributed by atoms with E-state index >= 15 is 0 Å². The van der Waals surface area contributed by atoms with Crippen molar-refractivity contribution in [3.05, 3.63) is 23.8 Å². The van der Waals surface area contributed by atoms with Gasteiger partial charge in [-0.25, -0.2) is 14.5 Å². The number of esters is 1. The average Bonchev–Trinajstić information content (AvgIpc) is 3.20. The van der Waals surface area contributed by atoms with Crippen LogP contribution in [0.2, 0.25) is 0 Å². The number of ether oxygens (including phenoxy) is 3. The minimum absolute atomic E-state index is 0.0874. The summed E-state index contributed by atoms with van der Waals surface area (Å²) in [5.41, 5.74) is -2.33. The van der Waals surface area contributed by atoms with Crippen LogP contribution in [0.5, 0.6) is 5.75 Å². The van der Waals surface area contributed by atoms with Crippen LogP contribution in [0, 0.1) is 5.41 Å². The summed E-state index contributed by atoms with van der Waals surface area (Å²) in [6.45, 7) is 10.1. The van der Waals surface area contributed by atoms with Crippen molar-refractivity contribution < 1.29 is 38.2 Å². The lowest BCUT2D eigenvalue weighted by atomic mass is 9.85. The minimum Gasteiger partial charge on any atom is -0.495 e. The molecule has 0 bridgehead atoms. The van der Waals surface area contributed by atoms with Crippen LogP contribution in [-0.4, -0.2) is 59.9 Å². The standard InChI is InChI=1S/C36H56N2O8/c1-8-9-10-11-12-13-14-15-16-17-18-19-20-21-24-45-32(41)26-22-23-28(44-7)27(25-26)37-31(40)29(30(39)35(2,3)4)38-33(42)36(5,6)46-34(38)43/h22-23,25,29H,8-21,24H2,1-7H3,(H,37,40). The van der Waals surface area contributed by atoms with Gasteiger partial charge in [0, 0.05) is 5.41 Å². The Morgan fingerprint density at radius 3 is 1.85 bits per heavy atom. The van der Waals surface area contributed by atoms with Crippen molar-refractivity contribution in [1.29, 1.82) is 0 Å². The number of hydrogen-bond donors (Lipinski definition) is 1. The summed E-state index contributed by atoms with van der Waals surface area (Å²) in [5.74, 6) is -2.74. The molecule has 10 heteroatoms. The van der Waals surface area contributed by atoms with Gasteiger partial charge in [0.2, 0.25) is 0 Å². The van der Waals surface area contributed by atoms with Crippen LogP contribution in [0.25, 0.3) is 0 Å². The van der Waals surface area contributed by atoms with Crippen molar-refractivity contribution in [3.63, 3.8) is 0 Å². The van der Waals surface area contributed by atoms with E-state index in [1.165, 1.54) is 110 Å². The number of hydrogen-bond acceptors (Lipinski definition) is 8. The number of rotatable bonds is 21. The highest BCUT2D eigenvalue weighted by Gasteiger charge is 2.55. The van der Waals surface area contributed by atoms with Crippen molar-refractivity contribution in [2.24, 2.45) is 5.41 Å². The van der Waals surface area contributed by atoms with E-state index in [1.54, 1.807) is 20.8 Å². The van der Waals surface area contributed by atoms with Gasteiger partial charge in [-0.2, -0.15) is 0 Å². The number of imide groups is 1. The fourth-order valence-electron chi connectivity index (χ4n) is 5.35. The largest absolute Gasteiger partial charge is 0.495 e. The van der Waals surface area contributed by atoms with Gasteiger partial charge in [0.15, 0.2) is 17.4 Å². The Bertz CT molecular complexity index is 1190. The van der Waals surface area contributed by atoms with Crippen LogP contribution in [0.1, 0.15) is 142 Å². The Morgan fingerprint density at radius 1 is 0.870 bits per heavy atom. The molecule has 1 aliphatic rings. The highest BCUT2D eigenvalue weighted by Crippen LogP contribution is 2.31. The number of carbonyl (C=O) groups excluding carboxylic acids is 5. The zero-order valence-corrected chi connectivity index (χ0v) is 29.1. The molecule has 0 radical (unpaired) electrons.